The quantitative estimate of drug-likeness (QED) is 0.603. The van der Waals surface area contributed by atoms with Crippen molar-refractivity contribution in [2.24, 2.45) is 7.05 Å². The van der Waals surface area contributed by atoms with Crippen molar-refractivity contribution in [3.8, 4) is 16.8 Å². The second kappa shape index (κ2) is 6.50. The zero-order valence-corrected chi connectivity index (χ0v) is 15.2. The number of rotatable bonds is 4. The third-order valence-electron chi connectivity index (χ3n) is 5.16. The Bertz CT molecular complexity index is 1070. The van der Waals surface area contributed by atoms with E-state index in [1.807, 2.05) is 28.7 Å². The zero-order valence-electron chi connectivity index (χ0n) is 15.2. The van der Waals surface area contributed by atoms with E-state index in [0.29, 0.717) is 12.0 Å². The number of hydrogen-bond acceptors (Lipinski definition) is 5. The molecule has 0 spiro atoms. The van der Waals surface area contributed by atoms with Crippen LogP contribution in [0.4, 0.5) is 5.95 Å². The van der Waals surface area contributed by atoms with Crippen LogP contribution in [-0.4, -0.2) is 35.3 Å². The number of nitrogens with zero attached hydrogens (tertiary/aromatic N) is 6. The number of fused-ring (bicyclic) bond motifs is 1. The van der Waals surface area contributed by atoms with Gasteiger partial charge in [-0.25, -0.2) is 9.97 Å². The van der Waals surface area contributed by atoms with Gasteiger partial charge in [-0.2, -0.15) is 10.1 Å². The lowest BCUT2D eigenvalue weighted by atomic mass is 10.1. The molecule has 0 unspecified atom stereocenters. The monoisotopic (exact) mass is 359 g/mol. The van der Waals surface area contributed by atoms with Gasteiger partial charge >= 0.3 is 0 Å². The van der Waals surface area contributed by atoms with Crippen LogP contribution < -0.4 is 5.32 Å². The summed E-state index contributed by atoms with van der Waals surface area (Å²) in [7, 11) is 1.92. The van der Waals surface area contributed by atoms with Crippen LogP contribution in [0, 0.1) is 0 Å². The molecule has 1 aliphatic rings. The van der Waals surface area contributed by atoms with Crippen molar-refractivity contribution in [2.45, 2.75) is 31.7 Å². The van der Waals surface area contributed by atoms with Crippen molar-refractivity contribution in [1.29, 1.82) is 0 Å². The van der Waals surface area contributed by atoms with Crippen molar-refractivity contribution in [1.82, 2.24) is 29.3 Å². The Morgan fingerprint density at radius 1 is 1.00 bits per heavy atom. The molecule has 1 N–H and O–H groups in total. The van der Waals surface area contributed by atoms with E-state index in [1.165, 1.54) is 25.7 Å². The van der Waals surface area contributed by atoms with Gasteiger partial charge in [-0.3, -0.25) is 9.25 Å². The highest BCUT2D eigenvalue weighted by Crippen LogP contribution is 2.24. The normalized spacial score (nSPS) is 14.9. The second-order valence-electron chi connectivity index (χ2n) is 7.09. The largest absolute Gasteiger partial charge is 0.351 e. The van der Waals surface area contributed by atoms with E-state index in [1.54, 1.807) is 12.5 Å². The molecule has 1 saturated carbocycles. The fourth-order valence-electron chi connectivity index (χ4n) is 3.71. The van der Waals surface area contributed by atoms with Crippen molar-refractivity contribution in [2.75, 3.05) is 5.32 Å². The number of hydrogen-bond donors (Lipinski definition) is 1. The van der Waals surface area contributed by atoms with Crippen molar-refractivity contribution in [3.05, 3.63) is 49.2 Å². The molecule has 7 nitrogen and oxygen atoms in total. The lowest BCUT2D eigenvalue weighted by Gasteiger charge is -2.11. The summed E-state index contributed by atoms with van der Waals surface area (Å²) in [5, 5.41) is 7.70. The molecule has 0 amide bonds. The summed E-state index contributed by atoms with van der Waals surface area (Å²) < 4.78 is 3.81. The Hall–Kier alpha value is -3.22. The summed E-state index contributed by atoms with van der Waals surface area (Å²) >= 11 is 0. The maximum Gasteiger partial charge on any atom is 0.224 e. The highest BCUT2D eigenvalue weighted by atomic mass is 15.2. The van der Waals surface area contributed by atoms with Gasteiger partial charge in [0.2, 0.25) is 5.95 Å². The van der Waals surface area contributed by atoms with Crippen LogP contribution in [0.25, 0.3) is 28.0 Å². The molecule has 5 rings (SSSR count). The summed E-state index contributed by atoms with van der Waals surface area (Å²) in [5.41, 5.74) is 4.87. The van der Waals surface area contributed by atoms with E-state index in [2.05, 4.69) is 44.6 Å². The molecule has 27 heavy (non-hydrogen) atoms. The minimum Gasteiger partial charge on any atom is -0.351 e. The predicted molar refractivity (Wildman–Crippen MR) is 105 cm³/mol. The number of nitrogens with one attached hydrogen (secondary N) is 1. The van der Waals surface area contributed by atoms with Crippen LogP contribution in [0.15, 0.2) is 49.2 Å². The van der Waals surface area contributed by atoms with E-state index in [4.69, 9.17) is 4.98 Å². The first-order chi connectivity index (χ1) is 13.3. The summed E-state index contributed by atoms with van der Waals surface area (Å²) in [6, 6.07) is 8.83. The van der Waals surface area contributed by atoms with Crippen molar-refractivity contribution < 1.29 is 0 Å². The topological polar surface area (TPSA) is 73.5 Å². The molecule has 0 radical (unpaired) electrons. The molecule has 0 bridgehead atoms. The molecular weight excluding hydrogens is 338 g/mol. The highest BCUT2D eigenvalue weighted by Gasteiger charge is 2.16. The van der Waals surface area contributed by atoms with Gasteiger partial charge in [0.1, 0.15) is 11.8 Å². The van der Waals surface area contributed by atoms with Crippen LogP contribution in [0.5, 0.6) is 0 Å². The van der Waals surface area contributed by atoms with Gasteiger partial charge < -0.3 is 5.32 Å². The molecule has 4 aromatic rings. The molecule has 0 aliphatic heterocycles. The third-order valence-corrected chi connectivity index (χ3v) is 5.16. The van der Waals surface area contributed by atoms with Crippen molar-refractivity contribution >= 4 is 17.1 Å². The first-order valence-electron chi connectivity index (χ1n) is 9.32. The Morgan fingerprint density at radius 2 is 1.81 bits per heavy atom. The number of benzene rings is 1. The minimum absolute atomic E-state index is 0.484. The Morgan fingerprint density at radius 3 is 2.56 bits per heavy atom. The van der Waals surface area contributed by atoms with Gasteiger partial charge in [-0.15, -0.1) is 0 Å². The highest BCUT2D eigenvalue weighted by molar-refractivity contribution is 5.74. The lowest BCUT2D eigenvalue weighted by Crippen LogP contribution is -2.16. The lowest BCUT2D eigenvalue weighted by molar-refractivity contribution is 0.745. The Balaban J connectivity index is 1.46. The molecule has 1 aliphatic carbocycles. The number of aromatic nitrogens is 6. The van der Waals surface area contributed by atoms with E-state index < -0.39 is 0 Å². The number of anilines is 1. The molecule has 3 aromatic heterocycles. The molecule has 0 saturated heterocycles. The molecule has 1 fully saturated rings. The maximum absolute atomic E-state index is 4.72. The first-order valence-corrected chi connectivity index (χ1v) is 9.32. The van der Waals surface area contributed by atoms with Gasteiger partial charge in [0.05, 0.1) is 12.4 Å². The Labute approximate surface area is 157 Å². The van der Waals surface area contributed by atoms with Gasteiger partial charge in [0, 0.05) is 30.5 Å². The fraction of sp³-hybridized carbons (Fsp3) is 0.300. The number of imidazole rings is 1. The van der Waals surface area contributed by atoms with E-state index >= 15 is 0 Å². The van der Waals surface area contributed by atoms with Crippen LogP contribution in [0.1, 0.15) is 25.7 Å². The van der Waals surface area contributed by atoms with E-state index in [0.717, 1.165) is 28.0 Å². The zero-order chi connectivity index (χ0) is 18.2. The Kier molecular flexibility index (Phi) is 3.85. The minimum atomic E-state index is 0.484. The molecule has 136 valence electrons. The average Bonchev–Trinajstić information content (AvgIpc) is 3.43. The summed E-state index contributed by atoms with van der Waals surface area (Å²) in [6.45, 7) is 0. The van der Waals surface area contributed by atoms with Crippen LogP contribution in [0.2, 0.25) is 0 Å². The van der Waals surface area contributed by atoms with E-state index in [9.17, 15) is 0 Å². The molecule has 7 heteroatoms. The molecule has 0 atom stereocenters. The average molecular weight is 359 g/mol. The smallest absolute Gasteiger partial charge is 0.224 e. The van der Waals surface area contributed by atoms with Gasteiger partial charge in [-0.05, 0) is 30.5 Å². The maximum atomic E-state index is 4.72. The summed E-state index contributed by atoms with van der Waals surface area (Å²) in [5.74, 6) is 0.683. The molecular formula is C20H21N7. The fourth-order valence-corrected chi connectivity index (χ4v) is 3.71. The standard InChI is InChI=1S/C20H21N7/c1-26-12-15(10-23-26)14-6-8-17(9-7-14)27-13-22-18-11-21-20(25-19(18)27)24-16-4-2-3-5-16/h6-13,16H,2-5H2,1H3,(H,21,24,25). The molecule has 3 heterocycles. The van der Waals surface area contributed by atoms with Crippen LogP contribution in [0.3, 0.4) is 0 Å². The first kappa shape index (κ1) is 16.0. The second-order valence-corrected chi connectivity index (χ2v) is 7.09. The summed E-state index contributed by atoms with van der Waals surface area (Å²) in [4.78, 5) is 13.6. The van der Waals surface area contributed by atoms with E-state index in [-0.39, 0.29) is 0 Å². The third kappa shape index (κ3) is 3.05. The molecule has 1 aromatic carbocycles. The SMILES string of the molecule is Cn1cc(-c2ccc(-n3cnc4cnc(NC5CCCC5)nc43)cc2)cn1. The van der Waals surface area contributed by atoms with Crippen LogP contribution >= 0.6 is 0 Å². The summed E-state index contributed by atoms with van der Waals surface area (Å²) in [6.07, 6.45) is 12.4. The van der Waals surface area contributed by atoms with Crippen LogP contribution in [-0.2, 0) is 7.05 Å². The van der Waals surface area contributed by atoms with Gasteiger partial charge in [0.15, 0.2) is 5.65 Å². The number of aryl methyl sites for hydroxylation is 1. The van der Waals surface area contributed by atoms with Crippen molar-refractivity contribution in [3.63, 3.8) is 0 Å². The predicted octanol–water partition coefficient (Wildman–Crippen LogP) is 3.57. The van der Waals surface area contributed by atoms with Gasteiger partial charge in [-0.1, -0.05) is 25.0 Å². The van der Waals surface area contributed by atoms with Gasteiger partial charge in [0.25, 0.3) is 0 Å².